The maximum atomic E-state index is 12.1. The summed E-state index contributed by atoms with van der Waals surface area (Å²) in [5.74, 6) is -0.625. The topological polar surface area (TPSA) is 121 Å². The quantitative estimate of drug-likeness (QED) is 0.655. The van der Waals surface area contributed by atoms with Gasteiger partial charge in [0.05, 0.1) is 19.8 Å². The Morgan fingerprint density at radius 1 is 1.21 bits per heavy atom. The van der Waals surface area contributed by atoms with E-state index in [0.29, 0.717) is 37.7 Å². The van der Waals surface area contributed by atoms with Gasteiger partial charge in [-0.15, -0.1) is 0 Å². The first kappa shape index (κ1) is 23.4. The second-order valence-corrected chi connectivity index (χ2v) is 7.04. The highest BCUT2D eigenvalue weighted by atomic mass is 16.5. The molecular formula is C19H30N4O5. The molecule has 1 fully saturated rings. The van der Waals surface area contributed by atoms with E-state index >= 15 is 0 Å². The van der Waals surface area contributed by atoms with Gasteiger partial charge in [0.15, 0.2) is 0 Å². The highest BCUT2D eigenvalue weighted by Gasteiger charge is 2.16. The third-order valence-electron chi connectivity index (χ3n) is 3.50. The van der Waals surface area contributed by atoms with Crippen LogP contribution in [-0.4, -0.2) is 66.8 Å². The summed E-state index contributed by atoms with van der Waals surface area (Å²) in [6, 6.07) is 2.19. The molecule has 0 saturated carbocycles. The lowest BCUT2D eigenvalue weighted by atomic mass is 10.2. The van der Waals surface area contributed by atoms with Gasteiger partial charge in [0, 0.05) is 24.8 Å². The standard InChI is InChI=1S/C15H20N4O5.C4H10/c1-10(15(22)23)18-13(20)9-17-14(21)11-2-3-16-12(8-11)19-4-6-24-7-5-19;1-4(2)3/h2-3,8,10H,4-7,9H2,1H3,(H,17,21)(H,18,20)(H,22,23);4H,1-3H3. The number of rotatable bonds is 6. The van der Waals surface area contributed by atoms with Gasteiger partial charge < -0.3 is 25.4 Å². The summed E-state index contributed by atoms with van der Waals surface area (Å²) in [6.07, 6.45) is 1.53. The zero-order valence-corrected chi connectivity index (χ0v) is 16.9. The average molecular weight is 394 g/mol. The number of carbonyl (C=O) groups is 3. The van der Waals surface area contributed by atoms with Crippen LogP contribution in [0, 0.1) is 5.92 Å². The van der Waals surface area contributed by atoms with E-state index < -0.39 is 23.8 Å². The number of pyridine rings is 1. The van der Waals surface area contributed by atoms with Crippen LogP contribution >= 0.6 is 0 Å². The summed E-state index contributed by atoms with van der Waals surface area (Å²) in [5.41, 5.74) is 0.380. The van der Waals surface area contributed by atoms with Crippen molar-refractivity contribution < 1.29 is 24.2 Å². The fourth-order valence-electron chi connectivity index (χ4n) is 2.14. The van der Waals surface area contributed by atoms with Crippen molar-refractivity contribution in [2.75, 3.05) is 37.7 Å². The van der Waals surface area contributed by atoms with Crippen LogP contribution in [0.5, 0.6) is 0 Å². The van der Waals surface area contributed by atoms with Gasteiger partial charge in [-0.25, -0.2) is 4.98 Å². The number of anilines is 1. The molecule has 2 heterocycles. The molecule has 1 aromatic rings. The fraction of sp³-hybridized carbons (Fsp3) is 0.579. The lowest BCUT2D eigenvalue weighted by molar-refractivity contribution is -0.141. The molecule has 0 aromatic carbocycles. The third kappa shape index (κ3) is 8.81. The van der Waals surface area contributed by atoms with Gasteiger partial charge in [0.25, 0.3) is 5.91 Å². The minimum absolute atomic E-state index is 0.300. The number of nitrogens with one attached hydrogen (secondary N) is 2. The van der Waals surface area contributed by atoms with E-state index in [1.54, 1.807) is 12.1 Å². The van der Waals surface area contributed by atoms with Crippen LogP contribution in [0.3, 0.4) is 0 Å². The molecule has 2 rings (SSSR count). The second kappa shape index (κ2) is 11.9. The molecule has 156 valence electrons. The molecule has 0 bridgehead atoms. The van der Waals surface area contributed by atoms with Crippen molar-refractivity contribution in [3.63, 3.8) is 0 Å². The average Bonchev–Trinajstić information content (AvgIpc) is 2.66. The van der Waals surface area contributed by atoms with Gasteiger partial charge >= 0.3 is 5.97 Å². The van der Waals surface area contributed by atoms with E-state index in [1.165, 1.54) is 13.1 Å². The van der Waals surface area contributed by atoms with Gasteiger partial charge in [-0.05, 0) is 25.0 Å². The van der Waals surface area contributed by atoms with E-state index in [4.69, 9.17) is 9.84 Å². The Bertz CT molecular complexity index is 657. The van der Waals surface area contributed by atoms with Crippen molar-refractivity contribution in [1.29, 1.82) is 0 Å². The van der Waals surface area contributed by atoms with E-state index in [0.717, 1.165) is 5.92 Å². The highest BCUT2D eigenvalue weighted by Crippen LogP contribution is 2.14. The summed E-state index contributed by atoms with van der Waals surface area (Å²) < 4.78 is 5.28. The van der Waals surface area contributed by atoms with Crippen molar-refractivity contribution in [2.24, 2.45) is 5.92 Å². The maximum absolute atomic E-state index is 12.1. The van der Waals surface area contributed by atoms with Crippen molar-refractivity contribution in [3.05, 3.63) is 23.9 Å². The molecule has 1 unspecified atom stereocenters. The van der Waals surface area contributed by atoms with Gasteiger partial charge in [-0.3, -0.25) is 14.4 Å². The summed E-state index contributed by atoms with van der Waals surface area (Å²) in [6.45, 7) is 10.2. The number of carboxylic acid groups (broad SMARTS) is 1. The van der Waals surface area contributed by atoms with Gasteiger partial charge in [0.2, 0.25) is 5.91 Å². The van der Waals surface area contributed by atoms with E-state index in [1.807, 2.05) is 4.90 Å². The van der Waals surface area contributed by atoms with Crippen molar-refractivity contribution >= 4 is 23.6 Å². The monoisotopic (exact) mass is 394 g/mol. The van der Waals surface area contributed by atoms with Crippen LogP contribution < -0.4 is 15.5 Å². The fourth-order valence-corrected chi connectivity index (χ4v) is 2.14. The van der Waals surface area contributed by atoms with Crippen LogP contribution in [0.2, 0.25) is 0 Å². The summed E-state index contributed by atoms with van der Waals surface area (Å²) in [7, 11) is 0. The number of ether oxygens (including phenoxy) is 1. The number of morpholine rings is 1. The zero-order valence-electron chi connectivity index (χ0n) is 16.9. The lowest BCUT2D eigenvalue weighted by Gasteiger charge is -2.27. The Morgan fingerprint density at radius 2 is 1.82 bits per heavy atom. The van der Waals surface area contributed by atoms with Crippen LogP contribution in [0.4, 0.5) is 5.82 Å². The predicted octanol–water partition coefficient (Wildman–Crippen LogP) is 0.900. The number of amides is 2. The predicted molar refractivity (Wildman–Crippen MR) is 105 cm³/mol. The Morgan fingerprint density at radius 3 is 2.39 bits per heavy atom. The second-order valence-electron chi connectivity index (χ2n) is 7.04. The van der Waals surface area contributed by atoms with Crippen LogP contribution in [-0.2, 0) is 14.3 Å². The minimum Gasteiger partial charge on any atom is -0.480 e. The normalized spacial score (nSPS) is 14.5. The molecule has 1 aliphatic heterocycles. The summed E-state index contributed by atoms with van der Waals surface area (Å²) >= 11 is 0. The third-order valence-corrected chi connectivity index (χ3v) is 3.50. The van der Waals surface area contributed by atoms with Crippen LogP contribution in [0.15, 0.2) is 18.3 Å². The first-order valence-corrected chi connectivity index (χ1v) is 9.29. The van der Waals surface area contributed by atoms with Crippen LogP contribution in [0.1, 0.15) is 38.1 Å². The first-order chi connectivity index (χ1) is 13.2. The number of carboxylic acids is 1. The number of hydrogen-bond donors (Lipinski definition) is 3. The van der Waals surface area contributed by atoms with E-state index in [-0.39, 0.29) is 6.54 Å². The molecule has 1 aromatic heterocycles. The lowest BCUT2D eigenvalue weighted by Crippen LogP contribution is -2.44. The van der Waals surface area contributed by atoms with Gasteiger partial charge in [0.1, 0.15) is 11.9 Å². The van der Waals surface area contributed by atoms with Crippen molar-refractivity contribution in [1.82, 2.24) is 15.6 Å². The maximum Gasteiger partial charge on any atom is 0.325 e. The van der Waals surface area contributed by atoms with Gasteiger partial charge in [-0.2, -0.15) is 0 Å². The SMILES string of the molecule is CC(C)C.CC(NC(=O)CNC(=O)c1ccnc(N2CCOCC2)c1)C(=O)O. The first-order valence-electron chi connectivity index (χ1n) is 9.29. The molecule has 9 heteroatoms. The molecule has 1 atom stereocenters. The highest BCUT2D eigenvalue weighted by molar-refractivity contribution is 5.97. The van der Waals surface area contributed by atoms with Crippen molar-refractivity contribution in [3.8, 4) is 0 Å². The van der Waals surface area contributed by atoms with E-state index in [9.17, 15) is 14.4 Å². The molecule has 0 spiro atoms. The molecule has 1 aliphatic rings. The molecule has 2 amide bonds. The van der Waals surface area contributed by atoms with Crippen molar-refractivity contribution in [2.45, 2.75) is 33.7 Å². The van der Waals surface area contributed by atoms with E-state index in [2.05, 4.69) is 36.4 Å². The molecule has 0 aliphatic carbocycles. The largest absolute Gasteiger partial charge is 0.480 e. The molecular weight excluding hydrogens is 364 g/mol. The number of aromatic nitrogens is 1. The number of aliphatic carboxylic acids is 1. The molecule has 1 saturated heterocycles. The number of nitrogens with zero attached hydrogens (tertiary/aromatic N) is 2. The molecule has 28 heavy (non-hydrogen) atoms. The minimum atomic E-state index is -1.14. The molecule has 9 nitrogen and oxygen atoms in total. The summed E-state index contributed by atoms with van der Waals surface area (Å²) in [4.78, 5) is 40.6. The number of hydrogen-bond acceptors (Lipinski definition) is 6. The zero-order chi connectivity index (χ0) is 21.1. The Kier molecular flexibility index (Phi) is 9.94. The Labute approximate surface area is 165 Å². The summed E-state index contributed by atoms with van der Waals surface area (Å²) in [5, 5.41) is 13.4. The molecule has 3 N–H and O–H groups in total. The Hall–Kier alpha value is -2.68. The van der Waals surface area contributed by atoms with Crippen LogP contribution in [0.25, 0.3) is 0 Å². The smallest absolute Gasteiger partial charge is 0.325 e. The van der Waals surface area contributed by atoms with Gasteiger partial charge in [-0.1, -0.05) is 20.8 Å². The Balaban J connectivity index is 0.000000892. The molecule has 0 radical (unpaired) electrons. The number of carbonyl (C=O) groups excluding carboxylic acids is 2.